The van der Waals surface area contributed by atoms with E-state index in [0.29, 0.717) is 6.42 Å². The zero-order chi connectivity index (χ0) is 11.4. The minimum absolute atomic E-state index is 0.0104. The predicted molar refractivity (Wildman–Crippen MR) is 52.8 cm³/mol. The molecule has 1 heterocycles. The van der Waals surface area contributed by atoms with Crippen LogP contribution in [0.3, 0.4) is 0 Å². The van der Waals surface area contributed by atoms with Gasteiger partial charge >= 0.3 is 12.1 Å². The number of amides is 4. The van der Waals surface area contributed by atoms with Crippen LogP contribution in [0.2, 0.25) is 0 Å². The maximum Gasteiger partial charge on any atom is 0.316 e. The van der Waals surface area contributed by atoms with Crippen molar-refractivity contribution in [2.24, 2.45) is 11.7 Å². The molecule has 0 bridgehead atoms. The average molecular weight is 216 g/mol. The molecule has 1 saturated heterocycles. The third-order valence-electron chi connectivity index (χ3n) is 2.48. The lowest BCUT2D eigenvalue weighted by molar-refractivity contribution is 0.155. The fourth-order valence-corrected chi connectivity index (χ4v) is 1.75. The Morgan fingerprint density at radius 2 is 2.27 bits per heavy atom. The first-order valence-corrected chi connectivity index (χ1v) is 4.78. The van der Waals surface area contributed by atoms with Crippen molar-refractivity contribution in [3.05, 3.63) is 0 Å². The minimum Gasteiger partial charge on any atom is -0.396 e. The van der Waals surface area contributed by atoms with Gasteiger partial charge in [0, 0.05) is 18.6 Å². The summed E-state index contributed by atoms with van der Waals surface area (Å²) in [6.45, 7) is 1.80. The molecular formula is C8H16N4O3. The van der Waals surface area contributed by atoms with E-state index in [-0.39, 0.29) is 24.6 Å². The van der Waals surface area contributed by atoms with Gasteiger partial charge in [0.1, 0.15) is 6.17 Å². The Kier molecular flexibility index (Phi) is 3.73. The highest BCUT2D eigenvalue weighted by Crippen LogP contribution is 2.15. The molecule has 7 nitrogen and oxygen atoms in total. The van der Waals surface area contributed by atoms with Crippen molar-refractivity contribution in [3.63, 3.8) is 0 Å². The zero-order valence-corrected chi connectivity index (χ0v) is 8.49. The predicted octanol–water partition coefficient (Wildman–Crippen LogP) is -1.32. The van der Waals surface area contributed by atoms with Crippen LogP contribution in [0.1, 0.15) is 13.3 Å². The van der Waals surface area contributed by atoms with Crippen LogP contribution in [-0.4, -0.2) is 36.0 Å². The Balaban J connectivity index is 2.67. The second-order valence-corrected chi connectivity index (χ2v) is 3.57. The summed E-state index contributed by atoms with van der Waals surface area (Å²) in [5.74, 6) is -0.0831. The molecule has 6 N–H and O–H groups in total. The Morgan fingerprint density at radius 1 is 1.60 bits per heavy atom. The smallest absolute Gasteiger partial charge is 0.316 e. The molecule has 3 atom stereocenters. The summed E-state index contributed by atoms with van der Waals surface area (Å²) in [6, 6.07) is -1.17. The van der Waals surface area contributed by atoms with Crippen molar-refractivity contribution in [2.75, 3.05) is 6.61 Å². The molecule has 0 aliphatic carbocycles. The van der Waals surface area contributed by atoms with Gasteiger partial charge in [0.25, 0.3) is 0 Å². The van der Waals surface area contributed by atoms with Gasteiger partial charge in [0.15, 0.2) is 0 Å². The fourth-order valence-electron chi connectivity index (χ4n) is 1.75. The molecule has 86 valence electrons. The SMILES string of the molecule is CC1NC(=O)NC(NC(N)=O)C1CCO. The molecule has 7 heteroatoms. The molecule has 15 heavy (non-hydrogen) atoms. The lowest BCUT2D eigenvalue weighted by atomic mass is 9.92. The Labute approximate surface area is 87.4 Å². The number of aliphatic hydroxyl groups excluding tert-OH is 1. The van der Waals surface area contributed by atoms with Crippen molar-refractivity contribution in [3.8, 4) is 0 Å². The van der Waals surface area contributed by atoms with Gasteiger partial charge in [-0.1, -0.05) is 0 Å². The van der Waals surface area contributed by atoms with Gasteiger partial charge in [-0.3, -0.25) is 0 Å². The Morgan fingerprint density at radius 3 is 2.80 bits per heavy atom. The van der Waals surface area contributed by atoms with Crippen molar-refractivity contribution in [2.45, 2.75) is 25.6 Å². The Hall–Kier alpha value is -1.50. The molecule has 1 aliphatic rings. The van der Waals surface area contributed by atoms with E-state index in [4.69, 9.17) is 10.8 Å². The lowest BCUT2D eigenvalue weighted by Crippen LogP contribution is -2.65. The standard InChI is InChI=1S/C8H16N4O3/c1-4-5(2-3-13)6(11-7(9)14)12-8(15)10-4/h4-6,13H,2-3H2,1H3,(H3,9,11,14)(H2,10,12,15). The molecule has 0 radical (unpaired) electrons. The number of carbonyl (C=O) groups is 2. The lowest BCUT2D eigenvalue weighted by Gasteiger charge is -2.37. The maximum atomic E-state index is 11.1. The number of aliphatic hydroxyl groups is 1. The number of rotatable bonds is 3. The van der Waals surface area contributed by atoms with Gasteiger partial charge in [0.05, 0.1) is 0 Å². The minimum atomic E-state index is -0.697. The number of carbonyl (C=O) groups excluding carboxylic acids is 2. The third-order valence-corrected chi connectivity index (χ3v) is 2.48. The van der Waals surface area contributed by atoms with Crippen LogP contribution in [0, 0.1) is 5.92 Å². The van der Waals surface area contributed by atoms with Gasteiger partial charge in [-0.2, -0.15) is 0 Å². The number of hydrogen-bond donors (Lipinski definition) is 5. The number of nitrogens with one attached hydrogen (secondary N) is 3. The Bertz CT molecular complexity index is 256. The summed E-state index contributed by atoms with van der Waals surface area (Å²) in [6.07, 6.45) is -0.0576. The summed E-state index contributed by atoms with van der Waals surface area (Å²) < 4.78 is 0. The van der Waals surface area contributed by atoms with E-state index < -0.39 is 12.2 Å². The normalized spacial score (nSPS) is 30.3. The van der Waals surface area contributed by atoms with E-state index in [0.717, 1.165) is 0 Å². The highest BCUT2D eigenvalue weighted by atomic mass is 16.3. The van der Waals surface area contributed by atoms with E-state index >= 15 is 0 Å². The molecule has 3 unspecified atom stereocenters. The number of hydrogen-bond acceptors (Lipinski definition) is 3. The third kappa shape index (κ3) is 2.98. The molecule has 0 aromatic carbocycles. The quantitative estimate of drug-likeness (QED) is 0.403. The van der Waals surface area contributed by atoms with Crippen LogP contribution in [-0.2, 0) is 0 Å². The van der Waals surface area contributed by atoms with Gasteiger partial charge in [-0.05, 0) is 13.3 Å². The van der Waals surface area contributed by atoms with Gasteiger partial charge < -0.3 is 26.8 Å². The van der Waals surface area contributed by atoms with Crippen LogP contribution < -0.4 is 21.7 Å². The second kappa shape index (κ2) is 4.83. The van der Waals surface area contributed by atoms with E-state index in [1.54, 1.807) is 0 Å². The van der Waals surface area contributed by atoms with E-state index in [9.17, 15) is 9.59 Å². The summed E-state index contributed by atoms with van der Waals surface area (Å²) >= 11 is 0. The van der Waals surface area contributed by atoms with Crippen molar-refractivity contribution < 1.29 is 14.7 Å². The number of nitrogens with two attached hydrogens (primary N) is 1. The summed E-state index contributed by atoms with van der Waals surface area (Å²) in [5, 5.41) is 16.5. The van der Waals surface area contributed by atoms with E-state index in [1.807, 2.05) is 6.92 Å². The number of urea groups is 2. The van der Waals surface area contributed by atoms with E-state index in [1.165, 1.54) is 0 Å². The first kappa shape index (κ1) is 11.6. The summed E-state index contributed by atoms with van der Waals surface area (Å²) in [7, 11) is 0. The maximum absolute atomic E-state index is 11.1. The first-order valence-electron chi connectivity index (χ1n) is 4.78. The van der Waals surface area contributed by atoms with Crippen LogP contribution in [0.15, 0.2) is 0 Å². The topological polar surface area (TPSA) is 116 Å². The molecule has 1 aliphatic heterocycles. The molecule has 0 aromatic heterocycles. The van der Waals surface area contributed by atoms with Crippen LogP contribution in [0.25, 0.3) is 0 Å². The van der Waals surface area contributed by atoms with Gasteiger partial charge in [0.2, 0.25) is 0 Å². The van der Waals surface area contributed by atoms with Crippen molar-refractivity contribution in [1.82, 2.24) is 16.0 Å². The molecule has 0 aromatic rings. The average Bonchev–Trinajstić information content (AvgIpc) is 2.10. The van der Waals surface area contributed by atoms with Crippen molar-refractivity contribution >= 4 is 12.1 Å². The molecule has 0 saturated carbocycles. The zero-order valence-electron chi connectivity index (χ0n) is 8.49. The largest absolute Gasteiger partial charge is 0.396 e. The van der Waals surface area contributed by atoms with Crippen molar-refractivity contribution in [1.29, 1.82) is 0 Å². The highest BCUT2D eigenvalue weighted by molar-refractivity contribution is 5.77. The molecule has 1 rings (SSSR count). The van der Waals surface area contributed by atoms with Gasteiger partial charge in [-0.25, -0.2) is 9.59 Å². The summed E-state index contributed by atoms with van der Waals surface area (Å²) in [5.41, 5.74) is 4.99. The van der Waals surface area contributed by atoms with Crippen LogP contribution in [0.5, 0.6) is 0 Å². The molecular weight excluding hydrogens is 200 g/mol. The van der Waals surface area contributed by atoms with Crippen LogP contribution >= 0.6 is 0 Å². The second-order valence-electron chi connectivity index (χ2n) is 3.57. The monoisotopic (exact) mass is 216 g/mol. The number of primary amides is 1. The highest BCUT2D eigenvalue weighted by Gasteiger charge is 2.33. The molecule has 4 amide bonds. The van der Waals surface area contributed by atoms with Crippen LogP contribution in [0.4, 0.5) is 9.59 Å². The summed E-state index contributed by atoms with van der Waals surface area (Å²) in [4.78, 5) is 21.8. The van der Waals surface area contributed by atoms with E-state index in [2.05, 4.69) is 16.0 Å². The molecule has 1 fully saturated rings. The first-order chi connectivity index (χ1) is 7.04. The van der Waals surface area contributed by atoms with Gasteiger partial charge in [-0.15, -0.1) is 0 Å². The fraction of sp³-hybridized carbons (Fsp3) is 0.750. The molecule has 0 spiro atoms.